The smallest absolute Gasteiger partial charge is 0.316 e. The third kappa shape index (κ3) is 4.10. The summed E-state index contributed by atoms with van der Waals surface area (Å²) in [4.78, 5) is 28.6. The number of ether oxygens (including phenoxy) is 2. The quantitative estimate of drug-likeness (QED) is 0.493. The summed E-state index contributed by atoms with van der Waals surface area (Å²) in [7, 11) is 1.52. The summed E-state index contributed by atoms with van der Waals surface area (Å²) in [6.07, 6.45) is 7.68. The number of pyridine rings is 1. The van der Waals surface area contributed by atoms with Gasteiger partial charge in [0.2, 0.25) is 0 Å². The van der Waals surface area contributed by atoms with E-state index >= 15 is 0 Å². The molecule has 1 fully saturated rings. The van der Waals surface area contributed by atoms with E-state index in [9.17, 15) is 4.79 Å². The Labute approximate surface area is 177 Å². The summed E-state index contributed by atoms with van der Waals surface area (Å²) in [6, 6.07) is 5.81. The average molecular weight is 419 g/mol. The van der Waals surface area contributed by atoms with Gasteiger partial charge in [0.15, 0.2) is 0 Å². The van der Waals surface area contributed by atoms with E-state index in [1.165, 1.54) is 7.11 Å². The van der Waals surface area contributed by atoms with E-state index in [0.29, 0.717) is 29.0 Å². The molecule has 0 saturated carbocycles. The molecule has 10 heteroatoms. The molecule has 10 nitrogen and oxygen atoms in total. The predicted octanol–water partition coefficient (Wildman–Crippen LogP) is 2.51. The summed E-state index contributed by atoms with van der Waals surface area (Å²) < 4.78 is 12.3. The minimum atomic E-state index is -0.256. The molecular weight excluding hydrogens is 398 g/mol. The molecule has 1 amide bonds. The number of methoxy groups -OCH3 is 1. The van der Waals surface area contributed by atoms with E-state index in [4.69, 9.17) is 9.47 Å². The number of carbonyl (C=O) groups is 1. The zero-order valence-corrected chi connectivity index (χ0v) is 16.9. The molecule has 0 aromatic carbocycles. The van der Waals surface area contributed by atoms with Gasteiger partial charge in [-0.05, 0) is 18.6 Å². The van der Waals surface area contributed by atoms with Crippen molar-refractivity contribution in [3.8, 4) is 17.4 Å². The molecule has 158 valence electrons. The Morgan fingerprint density at radius 3 is 3.13 bits per heavy atom. The number of nitrogens with one attached hydrogen (secondary N) is 2. The number of aromatic amines is 1. The maximum Gasteiger partial charge on any atom is 0.316 e. The van der Waals surface area contributed by atoms with Crippen molar-refractivity contribution in [1.29, 1.82) is 0 Å². The van der Waals surface area contributed by atoms with Gasteiger partial charge in [-0.15, -0.1) is 0 Å². The monoisotopic (exact) mass is 419 g/mol. The van der Waals surface area contributed by atoms with Crippen molar-refractivity contribution in [2.24, 2.45) is 5.92 Å². The third-order valence-electron chi connectivity index (χ3n) is 5.20. The van der Waals surface area contributed by atoms with Crippen molar-refractivity contribution in [1.82, 2.24) is 29.7 Å². The molecule has 4 aromatic rings. The number of hydrogen-bond acceptors (Lipinski definition) is 7. The predicted molar refractivity (Wildman–Crippen MR) is 113 cm³/mol. The van der Waals surface area contributed by atoms with Crippen LogP contribution in [-0.4, -0.2) is 55.9 Å². The van der Waals surface area contributed by atoms with Crippen LogP contribution in [0.2, 0.25) is 0 Å². The molecule has 1 saturated heterocycles. The third-order valence-corrected chi connectivity index (χ3v) is 5.20. The SMILES string of the molecule is COc1nccc(-c2cc3cnc(NC(=O)c4cnn(CC5CCOC5)c4)cc3[nH]2)n1. The molecule has 4 aromatic heterocycles. The first-order chi connectivity index (χ1) is 15.2. The molecule has 1 atom stereocenters. The van der Waals surface area contributed by atoms with Crippen molar-refractivity contribution in [2.45, 2.75) is 13.0 Å². The fraction of sp³-hybridized carbons (Fsp3) is 0.286. The average Bonchev–Trinajstić information content (AvgIpc) is 3.55. The zero-order chi connectivity index (χ0) is 21.2. The van der Waals surface area contributed by atoms with Gasteiger partial charge < -0.3 is 19.8 Å². The van der Waals surface area contributed by atoms with Crippen LogP contribution in [0.25, 0.3) is 22.3 Å². The summed E-state index contributed by atoms with van der Waals surface area (Å²) in [5, 5.41) is 8.03. The number of rotatable bonds is 6. The van der Waals surface area contributed by atoms with Gasteiger partial charge in [-0.25, -0.2) is 9.97 Å². The normalized spacial score (nSPS) is 16.0. The highest BCUT2D eigenvalue weighted by atomic mass is 16.5. The van der Waals surface area contributed by atoms with Crippen LogP contribution in [0, 0.1) is 5.92 Å². The van der Waals surface area contributed by atoms with Crippen LogP contribution >= 0.6 is 0 Å². The largest absolute Gasteiger partial charge is 0.467 e. The number of aromatic nitrogens is 6. The molecule has 0 bridgehead atoms. The highest BCUT2D eigenvalue weighted by Gasteiger charge is 2.18. The lowest BCUT2D eigenvalue weighted by Gasteiger charge is -2.06. The number of fused-ring (bicyclic) bond motifs is 1. The van der Waals surface area contributed by atoms with Gasteiger partial charge in [-0.3, -0.25) is 9.48 Å². The Morgan fingerprint density at radius 2 is 2.29 bits per heavy atom. The standard InChI is InChI=1S/C21H21N7O3/c1-30-21-22-4-2-16(26-21)18-6-14-8-23-19(7-17(14)25-18)27-20(29)15-9-24-28(11-15)10-13-3-5-31-12-13/h2,4,6-9,11,13,25H,3,5,10,12H2,1H3,(H,23,27,29). The minimum Gasteiger partial charge on any atom is -0.467 e. The van der Waals surface area contributed by atoms with Gasteiger partial charge in [0, 0.05) is 49.1 Å². The van der Waals surface area contributed by atoms with Crippen molar-refractivity contribution >= 4 is 22.6 Å². The topological polar surface area (TPSA) is 120 Å². The first-order valence-corrected chi connectivity index (χ1v) is 9.95. The molecular formula is C21H21N7O3. The second-order valence-electron chi connectivity index (χ2n) is 7.40. The van der Waals surface area contributed by atoms with Crippen molar-refractivity contribution in [3.63, 3.8) is 0 Å². The van der Waals surface area contributed by atoms with Gasteiger partial charge >= 0.3 is 6.01 Å². The molecule has 5 heterocycles. The summed E-state index contributed by atoms with van der Waals surface area (Å²) in [5.41, 5.74) is 2.82. The second-order valence-corrected chi connectivity index (χ2v) is 7.40. The number of carbonyl (C=O) groups excluding carboxylic acids is 1. The lowest BCUT2D eigenvalue weighted by molar-refractivity contribution is 0.102. The number of amides is 1. The van der Waals surface area contributed by atoms with Gasteiger partial charge in [-0.1, -0.05) is 0 Å². The van der Waals surface area contributed by atoms with Crippen molar-refractivity contribution in [2.75, 3.05) is 25.6 Å². The summed E-state index contributed by atoms with van der Waals surface area (Å²) in [6.45, 7) is 2.28. The maximum atomic E-state index is 12.6. The summed E-state index contributed by atoms with van der Waals surface area (Å²) in [5.74, 6) is 0.632. The zero-order valence-electron chi connectivity index (χ0n) is 16.9. The Hall–Kier alpha value is -3.79. The first-order valence-electron chi connectivity index (χ1n) is 9.95. The molecule has 0 aliphatic carbocycles. The fourth-order valence-electron chi connectivity index (χ4n) is 3.58. The Bertz CT molecular complexity index is 1230. The van der Waals surface area contributed by atoms with E-state index in [-0.39, 0.29) is 5.91 Å². The fourth-order valence-corrected chi connectivity index (χ4v) is 3.58. The molecule has 1 aliphatic heterocycles. The molecule has 1 unspecified atom stereocenters. The van der Waals surface area contributed by atoms with Gasteiger partial charge in [0.1, 0.15) is 5.82 Å². The first kappa shape index (κ1) is 19.2. The number of nitrogens with zero attached hydrogens (tertiary/aromatic N) is 5. The van der Waals surface area contributed by atoms with E-state index in [2.05, 4.69) is 30.4 Å². The Morgan fingerprint density at radius 1 is 1.35 bits per heavy atom. The van der Waals surface area contributed by atoms with Crippen LogP contribution in [0.4, 0.5) is 5.82 Å². The Kier molecular flexibility index (Phi) is 5.04. The molecule has 0 radical (unpaired) electrons. The molecule has 5 rings (SSSR count). The molecule has 1 aliphatic rings. The van der Waals surface area contributed by atoms with Gasteiger partial charge in [0.05, 0.1) is 42.4 Å². The van der Waals surface area contributed by atoms with E-state index in [1.807, 2.05) is 6.07 Å². The van der Waals surface area contributed by atoms with Crippen molar-refractivity contribution in [3.05, 3.63) is 48.5 Å². The van der Waals surface area contributed by atoms with Crippen molar-refractivity contribution < 1.29 is 14.3 Å². The van der Waals surface area contributed by atoms with E-state index in [1.54, 1.807) is 41.6 Å². The number of anilines is 1. The second kappa shape index (κ2) is 8.15. The Balaban J connectivity index is 1.31. The minimum absolute atomic E-state index is 0.256. The van der Waals surface area contributed by atoms with Crippen LogP contribution < -0.4 is 10.1 Å². The van der Waals surface area contributed by atoms with Gasteiger partial charge in [0.25, 0.3) is 5.91 Å². The number of H-pyrrole nitrogens is 1. The summed E-state index contributed by atoms with van der Waals surface area (Å²) >= 11 is 0. The van der Waals surface area contributed by atoms with Crippen LogP contribution in [0.5, 0.6) is 6.01 Å². The van der Waals surface area contributed by atoms with Crippen LogP contribution in [0.15, 0.2) is 43.0 Å². The van der Waals surface area contributed by atoms with Crippen LogP contribution in [-0.2, 0) is 11.3 Å². The van der Waals surface area contributed by atoms with E-state index < -0.39 is 0 Å². The lowest BCUT2D eigenvalue weighted by Crippen LogP contribution is -2.13. The van der Waals surface area contributed by atoms with Crippen LogP contribution in [0.3, 0.4) is 0 Å². The lowest BCUT2D eigenvalue weighted by atomic mass is 10.1. The highest BCUT2D eigenvalue weighted by molar-refractivity contribution is 6.04. The molecule has 2 N–H and O–H groups in total. The van der Waals surface area contributed by atoms with Gasteiger partial charge in [-0.2, -0.15) is 10.1 Å². The maximum absolute atomic E-state index is 12.6. The number of hydrogen-bond donors (Lipinski definition) is 2. The van der Waals surface area contributed by atoms with E-state index in [0.717, 1.165) is 42.8 Å². The molecule has 0 spiro atoms. The highest BCUT2D eigenvalue weighted by Crippen LogP contribution is 2.24. The van der Waals surface area contributed by atoms with Crippen LogP contribution in [0.1, 0.15) is 16.8 Å². The molecule has 31 heavy (non-hydrogen) atoms.